The number of hydrogen-bond donors (Lipinski definition) is 1. The number of morpholine rings is 1. The number of allylic oxidation sites excluding steroid dienone is 3. The summed E-state index contributed by atoms with van der Waals surface area (Å²) in [7, 11) is 0. The Morgan fingerprint density at radius 1 is 1.35 bits per heavy atom. The van der Waals surface area contributed by atoms with Crippen LogP contribution in [0.5, 0.6) is 0 Å². The molecular formula is C18H24F2N2O. The third-order valence-corrected chi connectivity index (χ3v) is 4.13. The highest BCUT2D eigenvalue weighted by molar-refractivity contribution is 5.43. The zero-order chi connectivity index (χ0) is 17.0. The van der Waals surface area contributed by atoms with Crippen LogP contribution in [0, 0.1) is 11.6 Å². The molecule has 1 aromatic rings. The van der Waals surface area contributed by atoms with Crippen LogP contribution in [0.3, 0.4) is 0 Å². The molecule has 0 saturated carbocycles. The summed E-state index contributed by atoms with van der Waals surface area (Å²) in [5.41, 5.74) is 8.94. The van der Waals surface area contributed by atoms with Gasteiger partial charge < -0.3 is 15.4 Å². The number of ether oxygens (including phenoxy) is 1. The summed E-state index contributed by atoms with van der Waals surface area (Å²) in [4.78, 5) is 2.20. The minimum Gasteiger partial charge on any atom is -0.396 e. The molecule has 0 radical (unpaired) electrons. The van der Waals surface area contributed by atoms with Gasteiger partial charge in [0.05, 0.1) is 18.9 Å². The van der Waals surface area contributed by atoms with E-state index in [2.05, 4.69) is 4.90 Å². The van der Waals surface area contributed by atoms with Crippen LogP contribution in [0.1, 0.15) is 32.8 Å². The lowest BCUT2D eigenvalue weighted by Gasteiger charge is -2.35. The molecule has 3 nitrogen and oxygen atoms in total. The molecule has 0 aliphatic carbocycles. The third kappa shape index (κ3) is 3.91. The van der Waals surface area contributed by atoms with Gasteiger partial charge in [0.1, 0.15) is 5.82 Å². The van der Waals surface area contributed by atoms with E-state index in [1.165, 1.54) is 17.7 Å². The van der Waals surface area contributed by atoms with Crippen molar-refractivity contribution in [3.05, 3.63) is 52.4 Å². The van der Waals surface area contributed by atoms with Crippen molar-refractivity contribution in [1.82, 2.24) is 4.90 Å². The van der Waals surface area contributed by atoms with Crippen molar-refractivity contribution < 1.29 is 13.5 Å². The molecular weight excluding hydrogens is 298 g/mol. The van der Waals surface area contributed by atoms with Crippen molar-refractivity contribution >= 4 is 5.69 Å². The zero-order valence-corrected chi connectivity index (χ0v) is 14.0. The van der Waals surface area contributed by atoms with Gasteiger partial charge in [-0.3, -0.25) is 0 Å². The molecule has 0 amide bonds. The summed E-state index contributed by atoms with van der Waals surface area (Å²) in [6.45, 7) is 8.00. The molecule has 1 saturated heterocycles. The summed E-state index contributed by atoms with van der Waals surface area (Å²) in [5, 5.41) is 0. The Labute approximate surface area is 136 Å². The average Bonchev–Trinajstić information content (AvgIpc) is 2.54. The van der Waals surface area contributed by atoms with Gasteiger partial charge in [-0.2, -0.15) is 0 Å². The van der Waals surface area contributed by atoms with E-state index in [1.54, 1.807) is 0 Å². The second kappa shape index (κ2) is 7.59. The summed E-state index contributed by atoms with van der Waals surface area (Å²) < 4.78 is 33.4. The van der Waals surface area contributed by atoms with Crippen molar-refractivity contribution in [3.63, 3.8) is 0 Å². The topological polar surface area (TPSA) is 38.5 Å². The van der Waals surface area contributed by atoms with Gasteiger partial charge in [-0.15, -0.1) is 0 Å². The van der Waals surface area contributed by atoms with E-state index in [9.17, 15) is 8.78 Å². The quantitative estimate of drug-likeness (QED) is 0.851. The van der Waals surface area contributed by atoms with E-state index in [0.29, 0.717) is 19.6 Å². The molecule has 1 heterocycles. The molecule has 0 unspecified atom stereocenters. The standard InChI is InChI=1S/C18H24F2N2O/c1-4-13(22-9-10-23-11-17(22)12(2)3)5-6-14-15(19)7-8-16(21)18(14)20/h4,7-8H,5-6,9-11,21H2,1-3H3/b13-4-. The summed E-state index contributed by atoms with van der Waals surface area (Å²) >= 11 is 0. The molecule has 5 heteroatoms. The Morgan fingerprint density at radius 3 is 2.74 bits per heavy atom. The molecule has 1 aromatic carbocycles. The van der Waals surface area contributed by atoms with Crippen LogP contribution in [0.4, 0.5) is 14.5 Å². The number of hydrogen-bond acceptors (Lipinski definition) is 3. The van der Waals surface area contributed by atoms with Crippen LogP contribution in [-0.2, 0) is 11.2 Å². The van der Waals surface area contributed by atoms with Crippen molar-refractivity contribution in [2.45, 2.75) is 33.6 Å². The Balaban J connectivity index is 2.18. The molecule has 1 aliphatic rings. The maximum Gasteiger partial charge on any atom is 0.152 e. The molecule has 2 N–H and O–H groups in total. The summed E-state index contributed by atoms with van der Waals surface area (Å²) in [6, 6.07) is 2.48. The fraction of sp³-hybridized carbons (Fsp3) is 0.444. The minimum absolute atomic E-state index is 0.0141. The van der Waals surface area contributed by atoms with Crippen molar-refractivity contribution in [2.24, 2.45) is 0 Å². The fourth-order valence-corrected chi connectivity index (χ4v) is 2.80. The van der Waals surface area contributed by atoms with Crippen molar-refractivity contribution in [1.29, 1.82) is 0 Å². The molecule has 126 valence electrons. The van der Waals surface area contributed by atoms with Crippen LogP contribution < -0.4 is 5.73 Å². The number of nitrogens with zero attached hydrogens (tertiary/aromatic N) is 1. The van der Waals surface area contributed by atoms with E-state index in [4.69, 9.17) is 10.5 Å². The molecule has 0 atom stereocenters. The second-order valence-corrected chi connectivity index (χ2v) is 5.86. The van der Waals surface area contributed by atoms with E-state index in [0.717, 1.165) is 17.9 Å². The highest BCUT2D eigenvalue weighted by Crippen LogP contribution is 2.26. The molecule has 1 fully saturated rings. The van der Waals surface area contributed by atoms with Gasteiger partial charge in [-0.25, -0.2) is 8.78 Å². The lowest BCUT2D eigenvalue weighted by atomic mass is 10.0. The van der Waals surface area contributed by atoms with Gasteiger partial charge in [0.15, 0.2) is 5.82 Å². The number of halogens is 2. The van der Waals surface area contributed by atoms with Crippen molar-refractivity contribution in [3.8, 4) is 0 Å². The number of nitrogens with two attached hydrogens (primary N) is 1. The van der Waals surface area contributed by atoms with Gasteiger partial charge in [-0.1, -0.05) is 11.6 Å². The first kappa shape index (κ1) is 17.5. The summed E-state index contributed by atoms with van der Waals surface area (Å²) in [5.74, 6) is -1.19. The molecule has 0 spiro atoms. The van der Waals surface area contributed by atoms with Gasteiger partial charge in [0, 0.05) is 23.5 Å². The molecule has 1 aliphatic heterocycles. The second-order valence-electron chi connectivity index (χ2n) is 5.86. The largest absolute Gasteiger partial charge is 0.396 e. The lowest BCUT2D eigenvalue weighted by Crippen LogP contribution is -2.34. The van der Waals surface area contributed by atoms with E-state index >= 15 is 0 Å². The SMILES string of the molecule is C/C=C(/CCc1c(F)ccc(N)c1F)N1CCOCC1=C(C)C. The number of anilines is 1. The maximum absolute atomic E-state index is 14.0. The first-order chi connectivity index (χ1) is 11.0. The smallest absolute Gasteiger partial charge is 0.152 e. The highest BCUT2D eigenvalue weighted by atomic mass is 19.1. The van der Waals surface area contributed by atoms with Crippen LogP contribution >= 0.6 is 0 Å². The van der Waals surface area contributed by atoms with E-state index < -0.39 is 11.6 Å². The Hall–Kier alpha value is -1.88. The first-order valence-corrected chi connectivity index (χ1v) is 7.84. The number of rotatable bonds is 4. The normalized spacial score (nSPS) is 16.0. The van der Waals surface area contributed by atoms with Crippen LogP contribution in [0.15, 0.2) is 35.2 Å². The number of benzene rings is 1. The van der Waals surface area contributed by atoms with Gasteiger partial charge in [0.25, 0.3) is 0 Å². The van der Waals surface area contributed by atoms with Crippen LogP contribution in [-0.4, -0.2) is 24.7 Å². The Kier molecular flexibility index (Phi) is 5.77. The predicted molar refractivity (Wildman–Crippen MR) is 88.7 cm³/mol. The fourth-order valence-electron chi connectivity index (χ4n) is 2.80. The van der Waals surface area contributed by atoms with Crippen LogP contribution in [0.25, 0.3) is 0 Å². The monoisotopic (exact) mass is 322 g/mol. The molecule has 0 bridgehead atoms. The Bertz CT molecular complexity index is 634. The van der Waals surface area contributed by atoms with Gasteiger partial charge in [0.2, 0.25) is 0 Å². The average molecular weight is 322 g/mol. The maximum atomic E-state index is 14.0. The first-order valence-electron chi connectivity index (χ1n) is 7.84. The third-order valence-electron chi connectivity index (χ3n) is 4.13. The predicted octanol–water partition coefficient (Wildman–Crippen LogP) is 4.01. The van der Waals surface area contributed by atoms with Gasteiger partial charge >= 0.3 is 0 Å². The van der Waals surface area contributed by atoms with Crippen molar-refractivity contribution in [2.75, 3.05) is 25.5 Å². The molecule has 0 aromatic heterocycles. The zero-order valence-electron chi connectivity index (χ0n) is 14.0. The molecule has 2 rings (SSSR count). The van der Waals surface area contributed by atoms with E-state index in [-0.39, 0.29) is 17.7 Å². The lowest BCUT2D eigenvalue weighted by molar-refractivity contribution is 0.0841. The minimum atomic E-state index is -0.648. The number of nitrogen functional groups attached to an aromatic ring is 1. The molecule has 23 heavy (non-hydrogen) atoms. The summed E-state index contributed by atoms with van der Waals surface area (Å²) in [6.07, 6.45) is 2.82. The van der Waals surface area contributed by atoms with Gasteiger partial charge in [-0.05, 0) is 45.7 Å². The van der Waals surface area contributed by atoms with Crippen LogP contribution in [0.2, 0.25) is 0 Å². The van der Waals surface area contributed by atoms with E-state index in [1.807, 2.05) is 26.8 Å². The Morgan fingerprint density at radius 2 is 2.09 bits per heavy atom. The highest BCUT2D eigenvalue weighted by Gasteiger charge is 2.21.